The van der Waals surface area contributed by atoms with Crippen molar-refractivity contribution in [2.45, 2.75) is 26.2 Å². The summed E-state index contributed by atoms with van der Waals surface area (Å²) in [4.78, 5) is 13.2. The van der Waals surface area contributed by atoms with Crippen molar-refractivity contribution >= 4 is 6.08 Å². The van der Waals surface area contributed by atoms with Crippen LogP contribution in [0.25, 0.3) is 0 Å². The first-order chi connectivity index (χ1) is 7.54. The quantitative estimate of drug-likeness (QED) is 0.443. The second-order valence-corrected chi connectivity index (χ2v) is 4.60. The van der Waals surface area contributed by atoms with Crippen LogP contribution < -0.4 is 4.74 Å². The van der Waals surface area contributed by atoms with Crippen molar-refractivity contribution in [2.24, 2.45) is 4.99 Å². The first-order valence-electron chi connectivity index (χ1n) is 5.31. The molecule has 0 radical (unpaired) electrons. The number of rotatable bonds is 4. The third-order valence-corrected chi connectivity index (χ3v) is 2.26. The Bertz CT molecular complexity index is 370. The maximum Gasteiger partial charge on any atom is 0.235 e. The molecule has 0 saturated carbocycles. The number of hydrogen-bond acceptors (Lipinski definition) is 3. The van der Waals surface area contributed by atoms with Crippen molar-refractivity contribution < 1.29 is 9.53 Å². The fraction of sp³-hybridized carbons (Fsp3) is 0.462. The highest BCUT2D eigenvalue weighted by atomic mass is 16.5. The van der Waals surface area contributed by atoms with Crippen LogP contribution in [0.2, 0.25) is 0 Å². The highest BCUT2D eigenvalue weighted by Crippen LogP contribution is 2.24. The van der Waals surface area contributed by atoms with Crippen LogP contribution in [0.1, 0.15) is 26.3 Å². The molecule has 0 fully saturated rings. The van der Waals surface area contributed by atoms with Crippen LogP contribution in [0.4, 0.5) is 0 Å². The van der Waals surface area contributed by atoms with Gasteiger partial charge in [-0.15, -0.1) is 0 Å². The Morgan fingerprint density at radius 2 is 1.88 bits per heavy atom. The minimum atomic E-state index is 0.153. The highest BCUT2D eigenvalue weighted by molar-refractivity contribution is 5.33. The fourth-order valence-corrected chi connectivity index (χ4v) is 1.31. The second kappa shape index (κ2) is 5.47. The van der Waals surface area contributed by atoms with Crippen LogP contribution >= 0.6 is 0 Å². The average molecular weight is 219 g/mol. The summed E-state index contributed by atoms with van der Waals surface area (Å²) in [6, 6.07) is 7.98. The highest BCUT2D eigenvalue weighted by Gasteiger charge is 2.12. The largest absolute Gasteiger partial charge is 0.492 e. The molecule has 0 aromatic heterocycles. The molecule has 1 aromatic carbocycles. The molecule has 1 rings (SSSR count). The van der Waals surface area contributed by atoms with Gasteiger partial charge in [0.15, 0.2) is 0 Å². The monoisotopic (exact) mass is 219 g/mol. The molecule has 0 aliphatic heterocycles. The summed E-state index contributed by atoms with van der Waals surface area (Å²) in [5.74, 6) is 0.800. The molecule has 0 N–H and O–H groups in total. The summed E-state index contributed by atoms with van der Waals surface area (Å²) in [5.41, 5.74) is 1.42. The predicted molar refractivity (Wildman–Crippen MR) is 63.6 cm³/mol. The predicted octanol–water partition coefficient (Wildman–Crippen LogP) is 2.70. The zero-order chi connectivity index (χ0) is 12.0. The molecule has 0 saturated heterocycles. The minimum absolute atomic E-state index is 0.153. The summed E-state index contributed by atoms with van der Waals surface area (Å²) < 4.78 is 5.40. The lowest BCUT2D eigenvalue weighted by molar-refractivity contribution is 0.328. The fourth-order valence-electron chi connectivity index (χ4n) is 1.31. The summed E-state index contributed by atoms with van der Waals surface area (Å²) >= 11 is 0. The van der Waals surface area contributed by atoms with E-state index in [1.165, 1.54) is 11.6 Å². The molecular weight excluding hydrogens is 202 g/mol. The Hall–Kier alpha value is -1.60. The van der Waals surface area contributed by atoms with E-state index < -0.39 is 0 Å². The molecule has 3 nitrogen and oxygen atoms in total. The van der Waals surface area contributed by atoms with Gasteiger partial charge in [0.05, 0.1) is 6.54 Å². The van der Waals surface area contributed by atoms with E-state index >= 15 is 0 Å². The molecule has 0 atom stereocenters. The third-order valence-electron chi connectivity index (χ3n) is 2.26. The topological polar surface area (TPSA) is 38.7 Å². The molecule has 0 spiro atoms. The second-order valence-electron chi connectivity index (χ2n) is 4.60. The van der Waals surface area contributed by atoms with E-state index in [9.17, 15) is 4.79 Å². The Kier molecular flexibility index (Phi) is 4.27. The van der Waals surface area contributed by atoms with E-state index in [1.54, 1.807) is 0 Å². The van der Waals surface area contributed by atoms with Gasteiger partial charge in [0.25, 0.3) is 0 Å². The van der Waals surface area contributed by atoms with Gasteiger partial charge in [-0.1, -0.05) is 32.9 Å². The Morgan fingerprint density at radius 3 is 2.38 bits per heavy atom. The van der Waals surface area contributed by atoms with Crippen LogP contribution in [0.15, 0.2) is 29.3 Å². The lowest BCUT2D eigenvalue weighted by Gasteiger charge is -2.19. The van der Waals surface area contributed by atoms with E-state index in [-0.39, 0.29) is 5.41 Å². The lowest BCUT2D eigenvalue weighted by Crippen LogP contribution is -2.10. The molecule has 1 aromatic rings. The van der Waals surface area contributed by atoms with Gasteiger partial charge in [-0.25, -0.2) is 9.79 Å². The molecule has 0 bridgehead atoms. The normalized spacial score (nSPS) is 10.7. The number of nitrogens with zero attached hydrogens (tertiary/aromatic N) is 1. The zero-order valence-corrected chi connectivity index (χ0v) is 9.99. The molecule has 0 aliphatic carbocycles. The van der Waals surface area contributed by atoms with Crippen molar-refractivity contribution in [2.75, 3.05) is 13.2 Å². The van der Waals surface area contributed by atoms with Crippen LogP contribution in [0.3, 0.4) is 0 Å². The van der Waals surface area contributed by atoms with Gasteiger partial charge in [-0.2, -0.15) is 0 Å². The molecule has 16 heavy (non-hydrogen) atoms. The first kappa shape index (κ1) is 12.5. The van der Waals surface area contributed by atoms with Crippen molar-refractivity contribution in [1.29, 1.82) is 0 Å². The summed E-state index contributed by atoms with van der Waals surface area (Å²) in [5, 5.41) is 0. The van der Waals surface area contributed by atoms with Crippen LogP contribution in [0, 0.1) is 0 Å². The van der Waals surface area contributed by atoms with Crippen LogP contribution in [0.5, 0.6) is 5.75 Å². The van der Waals surface area contributed by atoms with E-state index in [2.05, 4.69) is 37.9 Å². The van der Waals surface area contributed by atoms with Gasteiger partial charge < -0.3 is 4.74 Å². The maximum absolute atomic E-state index is 9.82. The van der Waals surface area contributed by atoms with Gasteiger partial charge in [-0.3, -0.25) is 0 Å². The molecule has 0 unspecified atom stereocenters. The summed E-state index contributed by atoms with van der Waals surface area (Å²) in [7, 11) is 0. The summed E-state index contributed by atoms with van der Waals surface area (Å²) in [6.45, 7) is 7.26. The van der Waals surface area contributed by atoms with Gasteiger partial charge in [-0.05, 0) is 23.1 Å². The van der Waals surface area contributed by atoms with E-state index in [1.807, 2.05) is 12.1 Å². The standard InChI is InChI=1S/C13H17NO2/c1-13(2,3)11-4-6-12(7-5-11)16-9-8-14-10-15/h4-7H,8-9H2,1-3H3. The van der Waals surface area contributed by atoms with Gasteiger partial charge in [0.2, 0.25) is 6.08 Å². The molecule has 86 valence electrons. The van der Waals surface area contributed by atoms with Crippen molar-refractivity contribution in [3.8, 4) is 5.75 Å². The molecule has 0 amide bonds. The molecule has 0 heterocycles. The maximum atomic E-state index is 9.82. The number of benzene rings is 1. The smallest absolute Gasteiger partial charge is 0.235 e. The van der Waals surface area contributed by atoms with Crippen LogP contribution in [-0.4, -0.2) is 19.2 Å². The molecule has 0 aliphatic rings. The Labute approximate surface area is 96.2 Å². The van der Waals surface area contributed by atoms with Crippen molar-refractivity contribution in [1.82, 2.24) is 0 Å². The van der Waals surface area contributed by atoms with Crippen molar-refractivity contribution in [3.05, 3.63) is 29.8 Å². The molecular formula is C13H17NO2. The Morgan fingerprint density at radius 1 is 1.25 bits per heavy atom. The average Bonchev–Trinajstić information content (AvgIpc) is 2.24. The number of carbonyl (C=O) groups excluding carboxylic acids is 1. The lowest BCUT2D eigenvalue weighted by atomic mass is 9.87. The SMILES string of the molecule is CC(C)(C)c1ccc(OCCN=C=O)cc1. The Balaban J connectivity index is 2.55. The summed E-state index contributed by atoms with van der Waals surface area (Å²) in [6.07, 6.45) is 1.48. The third kappa shape index (κ3) is 3.87. The zero-order valence-electron chi connectivity index (χ0n) is 9.99. The number of hydrogen-bond donors (Lipinski definition) is 0. The van der Waals surface area contributed by atoms with Gasteiger partial charge in [0, 0.05) is 0 Å². The first-order valence-corrected chi connectivity index (χ1v) is 5.31. The van der Waals surface area contributed by atoms with Crippen molar-refractivity contribution in [3.63, 3.8) is 0 Å². The number of aliphatic imine (C=N–C) groups is 1. The number of ether oxygens (including phenoxy) is 1. The van der Waals surface area contributed by atoms with E-state index in [0.717, 1.165) is 5.75 Å². The van der Waals surface area contributed by atoms with Gasteiger partial charge in [0.1, 0.15) is 12.4 Å². The van der Waals surface area contributed by atoms with E-state index in [0.29, 0.717) is 13.2 Å². The number of isocyanates is 1. The minimum Gasteiger partial charge on any atom is -0.492 e. The van der Waals surface area contributed by atoms with E-state index in [4.69, 9.17) is 4.74 Å². The van der Waals surface area contributed by atoms with Gasteiger partial charge >= 0.3 is 0 Å². The van der Waals surface area contributed by atoms with Crippen LogP contribution in [-0.2, 0) is 10.2 Å². The molecule has 3 heteroatoms.